The zero-order valence-corrected chi connectivity index (χ0v) is 15.4. The van der Waals surface area contributed by atoms with Gasteiger partial charge in [-0.3, -0.25) is 0 Å². The highest BCUT2D eigenvalue weighted by Gasteiger charge is 2.40. The normalized spacial score (nSPS) is 24.4. The van der Waals surface area contributed by atoms with E-state index in [0.29, 0.717) is 0 Å². The average molecular weight is 369 g/mol. The number of carbonyl (C=O) groups is 1. The molecule has 0 radical (unpaired) electrons. The Labute approximate surface area is 158 Å². The second-order valence-electron chi connectivity index (χ2n) is 7.39. The number of nitrogens with zero attached hydrogens (tertiary/aromatic N) is 4. The highest BCUT2D eigenvalue weighted by Crippen LogP contribution is 2.41. The summed E-state index contributed by atoms with van der Waals surface area (Å²) >= 11 is 0. The minimum atomic E-state index is -0.229. The molecule has 1 saturated carbocycles. The maximum Gasteiger partial charge on any atom is 0.317 e. The molecule has 27 heavy (non-hydrogen) atoms. The lowest BCUT2D eigenvalue weighted by Gasteiger charge is -2.38. The fourth-order valence-electron chi connectivity index (χ4n) is 3.83. The van der Waals surface area contributed by atoms with Gasteiger partial charge in [0.25, 0.3) is 0 Å². The Bertz CT molecular complexity index is 802. The summed E-state index contributed by atoms with van der Waals surface area (Å²) in [5.74, 6) is 0.831. The van der Waals surface area contributed by atoms with E-state index in [1.807, 2.05) is 25.2 Å². The van der Waals surface area contributed by atoms with E-state index in [9.17, 15) is 9.18 Å². The smallest absolute Gasteiger partial charge is 0.317 e. The molecule has 1 aromatic carbocycles. The number of hydrogen-bond donors (Lipinski definition) is 1. The number of hydrogen-bond acceptors (Lipinski definition) is 4. The van der Waals surface area contributed by atoms with Gasteiger partial charge in [0.1, 0.15) is 5.82 Å². The fraction of sp³-hybridized carbons (Fsp3) is 0.450. The van der Waals surface area contributed by atoms with Crippen molar-refractivity contribution in [3.05, 3.63) is 54.0 Å². The molecule has 1 aliphatic heterocycles. The van der Waals surface area contributed by atoms with E-state index in [2.05, 4.69) is 20.4 Å². The highest BCUT2D eigenvalue weighted by atomic mass is 19.1. The Hall–Kier alpha value is -2.70. The van der Waals surface area contributed by atoms with Gasteiger partial charge in [0.2, 0.25) is 0 Å². The molecule has 2 aromatic rings. The van der Waals surface area contributed by atoms with Crippen LogP contribution in [0.2, 0.25) is 0 Å². The number of carbonyl (C=O) groups excluding carboxylic acids is 1. The lowest BCUT2D eigenvalue weighted by molar-refractivity contribution is 0.182. The summed E-state index contributed by atoms with van der Waals surface area (Å²) in [5.41, 5.74) is 0.953. The third kappa shape index (κ3) is 4.02. The third-order valence-corrected chi connectivity index (χ3v) is 5.52. The first kappa shape index (κ1) is 17.7. The van der Waals surface area contributed by atoms with Crippen LogP contribution in [0.3, 0.4) is 0 Å². The molecular weight excluding hydrogens is 345 g/mol. The second-order valence-corrected chi connectivity index (χ2v) is 7.39. The van der Waals surface area contributed by atoms with Crippen LogP contribution in [0.4, 0.5) is 15.0 Å². The van der Waals surface area contributed by atoms with Crippen molar-refractivity contribution < 1.29 is 9.18 Å². The van der Waals surface area contributed by atoms with Crippen LogP contribution in [-0.2, 0) is 0 Å². The first-order valence-electron chi connectivity index (χ1n) is 9.43. The number of nitrogens with one attached hydrogen (secondary N) is 1. The molecule has 2 unspecified atom stereocenters. The van der Waals surface area contributed by atoms with Crippen molar-refractivity contribution in [2.75, 3.05) is 25.0 Å². The minimum absolute atomic E-state index is 0.0649. The van der Waals surface area contributed by atoms with Gasteiger partial charge >= 0.3 is 6.03 Å². The highest BCUT2D eigenvalue weighted by molar-refractivity contribution is 5.75. The van der Waals surface area contributed by atoms with Crippen LogP contribution in [0, 0.1) is 5.82 Å². The monoisotopic (exact) mass is 369 g/mol. The number of aromatic nitrogens is 2. The number of rotatable bonds is 4. The molecule has 1 aromatic heterocycles. The van der Waals surface area contributed by atoms with Crippen LogP contribution in [0.15, 0.2) is 42.6 Å². The molecule has 1 saturated heterocycles. The van der Waals surface area contributed by atoms with Gasteiger partial charge < -0.3 is 15.1 Å². The number of urea groups is 1. The van der Waals surface area contributed by atoms with Gasteiger partial charge in [0, 0.05) is 38.3 Å². The van der Waals surface area contributed by atoms with Crippen molar-refractivity contribution >= 4 is 11.8 Å². The van der Waals surface area contributed by atoms with E-state index in [4.69, 9.17) is 0 Å². The van der Waals surface area contributed by atoms with Crippen molar-refractivity contribution in [1.29, 1.82) is 0 Å². The Kier molecular flexibility index (Phi) is 4.92. The van der Waals surface area contributed by atoms with Gasteiger partial charge in [-0.15, -0.1) is 5.10 Å². The Balaban J connectivity index is 1.33. The lowest BCUT2D eigenvalue weighted by atomic mass is 10.0. The number of anilines is 1. The van der Waals surface area contributed by atoms with Crippen molar-refractivity contribution in [3.8, 4) is 0 Å². The number of halogens is 1. The first-order valence-corrected chi connectivity index (χ1v) is 9.43. The molecule has 1 N–H and O–H groups in total. The van der Waals surface area contributed by atoms with Gasteiger partial charge in [-0.1, -0.05) is 12.1 Å². The van der Waals surface area contributed by atoms with Crippen molar-refractivity contribution in [3.63, 3.8) is 0 Å². The Morgan fingerprint density at radius 3 is 3.00 bits per heavy atom. The van der Waals surface area contributed by atoms with Crippen molar-refractivity contribution in [2.24, 2.45) is 0 Å². The fourth-order valence-corrected chi connectivity index (χ4v) is 3.83. The first-order chi connectivity index (χ1) is 13.1. The SMILES string of the molecule is CN(C(=O)N[C@@H]1CC1c1cccc(F)c1)C1CCCN(c2cccnn2)C1. The summed E-state index contributed by atoms with van der Waals surface area (Å²) in [7, 11) is 1.85. The second kappa shape index (κ2) is 7.50. The molecule has 2 fully saturated rings. The maximum absolute atomic E-state index is 13.4. The summed E-state index contributed by atoms with van der Waals surface area (Å²) in [6.45, 7) is 1.68. The predicted octanol–water partition coefficient (Wildman–Crippen LogP) is 2.78. The summed E-state index contributed by atoms with van der Waals surface area (Å²) < 4.78 is 13.4. The average Bonchev–Trinajstić information content (AvgIpc) is 3.47. The van der Waals surface area contributed by atoms with Gasteiger partial charge in [-0.05, 0) is 49.1 Å². The van der Waals surface area contributed by atoms with Gasteiger partial charge in [-0.2, -0.15) is 5.10 Å². The zero-order chi connectivity index (χ0) is 18.8. The number of piperidine rings is 1. The van der Waals surface area contributed by atoms with E-state index in [1.165, 1.54) is 6.07 Å². The van der Waals surface area contributed by atoms with Gasteiger partial charge in [-0.25, -0.2) is 9.18 Å². The van der Waals surface area contributed by atoms with Gasteiger partial charge in [0.15, 0.2) is 5.82 Å². The van der Waals surface area contributed by atoms with Crippen LogP contribution >= 0.6 is 0 Å². The molecule has 3 atom stereocenters. The molecule has 0 bridgehead atoms. The largest absolute Gasteiger partial charge is 0.353 e. The van der Waals surface area contributed by atoms with E-state index in [-0.39, 0.29) is 29.8 Å². The topological polar surface area (TPSA) is 61.4 Å². The minimum Gasteiger partial charge on any atom is -0.353 e. The predicted molar refractivity (Wildman–Crippen MR) is 101 cm³/mol. The maximum atomic E-state index is 13.4. The van der Waals surface area contributed by atoms with E-state index >= 15 is 0 Å². The molecule has 6 nitrogen and oxygen atoms in total. The number of amides is 2. The lowest BCUT2D eigenvalue weighted by Crippen LogP contribution is -2.52. The van der Waals surface area contributed by atoms with E-state index in [1.54, 1.807) is 23.2 Å². The molecular formula is C20H24FN5O. The van der Waals surface area contributed by atoms with Crippen LogP contribution < -0.4 is 10.2 Å². The molecule has 0 spiro atoms. The Morgan fingerprint density at radius 2 is 2.22 bits per heavy atom. The molecule has 2 aliphatic rings. The number of benzene rings is 1. The third-order valence-electron chi connectivity index (χ3n) is 5.52. The quantitative estimate of drug-likeness (QED) is 0.900. The summed E-state index contributed by atoms with van der Waals surface area (Å²) in [5, 5.41) is 11.2. The standard InChI is InChI=1S/C20H24FN5O/c1-25(16-7-4-10-26(13-16)19-8-3-9-22-24-19)20(27)23-18-12-17(18)14-5-2-6-15(21)11-14/h2-3,5-6,8-9,11,16-18H,4,7,10,12-13H2,1H3,(H,23,27)/t16?,17?,18-/m1/s1. The molecule has 1 aliphatic carbocycles. The zero-order valence-electron chi connectivity index (χ0n) is 15.4. The van der Waals surface area contributed by atoms with Crippen LogP contribution in [0.1, 0.15) is 30.7 Å². The molecule has 2 heterocycles. The summed E-state index contributed by atoms with van der Waals surface area (Å²) in [6, 6.07) is 10.6. The van der Waals surface area contributed by atoms with Gasteiger partial charge in [0.05, 0.1) is 6.04 Å². The van der Waals surface area contributed by atoms with Crippen molar-refractivity contribution in [2.45, 2.75) is 37.3 Å². The Morgan fingerprint density at radius 1 is 1.33 bits per heavy atom. The molecule has 142 valence electrons. The summed E-state index contributed by atoms with van der Waals surface area (Å²) in [6.07, 6.45) is 4.50. The van der Waals surface area contributed by atoms with Crippen molar-refractivity contribution in [1.82, 2.24) is 20.4 Å². The van der Waals surface area contributed by atoms with Crippen LogP contribution in [0.25, 0.3) is 0 Å². The number of likely N-dealkylation sites (N-methyl/N-ethyl adjacent to an activating group) is 1. The van der Waals surface area contributed by atoms with Crippen LogP contribution in [0.5, 0.6) is 0 Å². The summed E-state index contributed by atoms with van der Waals surface area (Å²) in [4.78, 5) is 16.6. The molecule has 2 amide bonds. The molecule has 7 heteroatoms. The van der Waals surface area contributed by atoms with E-state index < -0.39 is 0 Å². The molecule has 4 rings (SSSR count). The van der Waals surface area contributed by atoms with E-state index in [0.717, 1.165) is 43.7 Å². The van der Waals surface area contributed by atoms with Crippen LogP contribution in [-0.4, -0.2) is 53.3 Å².